The molecule has 0 spiro atoms. The van der Waals surface area contributed by atoms with E-state index in [2.05, 4.69) is 10.6 Å². The van der Waals surface area contributed by atoms with E-state index in [9.17, 15) is 4.79 Å². The molecular weight excluding hydrogens is 298 g/mol. The van der Waals surface area contributed by atoms with Crippen molar-refractivity contribution in [2.24, 2.45) is 5.92 Å². The minimum Gasteiger partial charge on any atom is -0.353 e. The molecule has 4 rings (SSSR count). The zero-order valence-electron chi connectivity index (χ0n) is 14.7. The lowest BCUT2D eigenvalue weighted by Gasteiger charge is -2.15. The minimum atomic E-state index is -0.0868. The normalized spacial score (nSPS) is 25.5. The van der Waals surface area contributed by atoms with Gasteiger partial charge in [0.25, 0.3) is 5.91 Å². The molecule has 3 aliphatic rings. The van der Waals surface area contributed by atoms with Gasteiger partial charge in [0.05, 0.1) is 23.0 Å². The van der Waals surface area contributed by atoms with Gasteiger partial charge >= 0.3 is 0 Å². The molecular formula is C20H25N3O. The topological polar surface area (TPSA) is 65.0 Å². The van der Waals surface area contributed by atoms with Crippen molar-refractivity contribution in [3.8, 4) is 0 Å². The van der Waals surface area contributed by atoms with E-state index >= 15 is 0 Å². The summed E-state index contributed by atoms with van der Waals surface area (Å²) in [7, 11) is 0. The maximum Gasteiger partial charge on any atom is 0.250 e. The minimum absolute atomic E-state index is 0.00432. The van der Waals surface area contributed by atoms with Gasteiger partial charge in [-0.15, -0.1) is 0 Å². The number of rotatable bonds is 0. The number of carbonyl (C=O) groups excluding carboxylic acids is 1. The lowest BCUT2D eigenvalue weighted by molar-refractivity contribution is -0.116. The second-order valence-corrected chi connectivity index (χ2v) is 5.13. The Morgan fingerprint density at radius 2 is 1.67 bits per heavy atom. The third kappa shape index (κ3) is 2.92. The number of para-hydroxylation sites is 1. The van der Waals surface area contributed by atoms with Crippen LogP contribution >= 0.6 is 0 Å². The largest absolute Gasteiger partial charge is 0.353 e. The fourth-order valence-electron chi connectivity index (χ4n) is 3.03. The van der Waals surface area contributed by atoms with E-state index in [-0.39, 0.29) is 17.9 Å². The predicted molar refractivity (Wildman–Crippen MR) is 100 cm³/mol. The summed E-state index contributed by atoms with van der Waals surface area (Å²) in [4.78, 5) is 12.3. The molecule has 0 saturated carbocycles. The van der Waals surface area contributed by atoms with Gasteiger partial charge < -0.3 is 10.6 Å². The lowest BCUT2D eigenvalue weighted by Crippen LogP contribution is -2.26. The van der Waals surface area contributed by atoms with Gasteiger partial charge in [0.2, 0.25) is 0 Å². The smallest absolute Gasteiger partial charge is 0.250 e. The number of nitrogens with one attached hydrogen (secondary N) is 3. The predicted octanol–water partition coefficient (Wildman–Crippen LogP) is 4.03. The van der Waals surface area contributed by atoms with Crippen molar-refractivity contribution in [2.75, 3.05) is 5.32 Å². The molecule has 1 saturated heterocycles. The molecule has 4 nitrogen and oxygen atoms in total. The second-order valence-electron chi connectivity index (χ2n) is 5.13. The number of anilines is 1. The highest BCUT2D eigenvalue weighted by Gasteiger charge is 2.39. The van der Waals surface area contributed by atoms with Gasteiger partial charge in [-0.3, -0.25) is 10.2 Å². The van der Waals surface area contributed by atoms with E-state index in [1.165, 1.54) is 0 Å². The van der Waals surface area contributed by atoms with E-state index in [4.69, 9.17) is 5.41 Å². The summed E-state index contributed by atoms with van der Waals surface area (Å²) >= 11 is 0. The summed E-state index contributed by atoms with van der Waals surface area (Å²) in [5.74, 6) is -0.0825. The molecule has 0 radical (unpaired) electrons. The van der Waals surface area contributed by atoms with Crippen molar-refractivity contribution in [1.29, 1.82) is 5.41 Å². The molecule has 2 aliphatic heterocycles. The summed E-state index contributed by atoms with van der Waals surface area (Å²) in [6, 6.07) is 7.67. The number of hydrogen-bond acceptors (Lipinski definition) is 3. The van der Waals surface area contributed by atoms with Crippen LogP contribution in [0.1, 0.15) is 33.3 Å². The van der Waals surface area contributed by atoms with Gasteiger partial charge in [-0.05, 0) is 6.07 Å². The van der Waals surface area contributed by atoms with Crippen LogP contribution in [0, 0.1) is 11.3 Å². The first-order chi connectivity index (χ1) is 11.8. The van der Waals surface area contributed by atoms with Crippen molar-refractivity contribution in [1.82, 2.24) is 5.32 Å². The summed E-state index contributed by atoms with van der Waals surface area (Å²) in [6.07, 6.45) is 7.90. The molecule has 2 atom stereocenters. The zero-order valence-corrected chi connectivity index (χ0v) is 14.7. The van der Waals surface area contributed by atoms with Crippen LogP contribution in [0.3, 0.4) is 0 Å². The average Bonchev–Trinajstić information content (AvgIpc) is 3.15. The molecule has 1 amide bonds. The van der Waals surface area contributed by atoms with Crippen molar-refractivity contribution in [3.05, 3.63) is 65.4 Å². The first-order valence-corrected chi connectivity index (χ1v) is 8.61. The average molecular weight is 323 g/mol. The molecule has 3 N–H and O–H groups in total. The van der Waals surface area contributed by atoms with Gasteiger partial charge in [0, 0.05) is 17.2 Å². The van der Waals surface area contributed by atoms with Crippen LogP contribution in [0.25, 0.3) is 0 Å². The van der Waals surface area contributed by atoms with Gasteiger partial charge in [-0.25, -0.2) is 0 Å². The Kier molecular flexibility index (Phi) is 5.74. The van der Waals surface area contributed by atoms with Gasteiger partial charge in [0.1, 0.15) is 0 Å². The Balaban J connectivity index is 0.000000487. The van der Waals surface area contributed by atoms with Gasteiger partial charge in [-0.2, -0.15) is 0 Å². The Hall–Kier alpha value is -2.62. The highest BCUT2D eigenvalue weighted by Crippen LogP contribution is 2.36. The molecule has 1 aromatic rings. The number of carbonyl (C=O) groups is 1. The lowest BCUT2D eigenvalue weighted by atomic mass is 9.90. The number of amides is 1. The van der Waals surface area contributed by atoms with E-state index in [1.54, 1.807) is 0 Å². The second kappa shape index (κ2) is 7.77. The molecule has 24 heavy (non-hydrogen) atoms. The van der Waals surface area contributed by atoms with Gasteiger partial charge in [0.15, 0.2) is 0 Å². The molecule has 4 heteroatoms. The molecule has 0 aromatic heterocycles. The highest BCUT2D eigenvalue weighted by atomic mass is 16.2. The van der Waals surface area contributed by atoms with E-state index in [1.807, 2.05) is 76.3 Å². The van der Waals surface area contributed by atoms with Crippen molar-refractivity contribution in [3.63, 3.8) is 0 Å². The fraction of sp³-hybridized carbons (Fsp3) is 0.300. The third-order valence-electron chi connectivity index (χ3n) is 3.99. The molecule has 2 unspecified atom stereocenters. The number of fused-ring (bicyclic) bond motifs is 2. The van der Waals surface area contributed by atoms with Crippen LogP contribution in [0.15, 0.2) is 59.8 Å². The summed E-state index contributed by atoms with van der Waals surface area (Å²) in [6.45, 7) is 8.00. The SMILES string of the molecule is CC.CC.N=C1/C(=C2/C(=O)NC3C=CC=CC23)Nc2ccccc21. The molecule has 2 heterocycles. The molecule has 1 aliphatic carbocycles. The maximum absolute atomic E-state index is 12.3. The van der Waals surface area contributed by atoms with Crippen LogP contribution < -0.4 is 10.6 Å². The van der Waals surface area contributed by atoms with Crippen LogP contribution in [0.4, 0.5) is 5.69 Å². The van der Waals surface area contributed by atoms with Crippen LogP contribution in [0.5, 0.6) is 0 Å². The van der Waals surface area contributed by atoms with E-state index < -0.39 is 0 Å². The molecule has 1 aromatic carbocycles. The number of hydrogen-bond donors (Lipinski definition) is 3. The monoisotopic (exact) mass is 323 g/mol. The quantitative estimate of drug-likeness (QED) is 0.631. The first-order valence-electron chi connectivity index (χ1n) is 8.61. The van der Waals surface area contributed by atoms with Gasteiger partial charge in [-0.1, -0.05) is 70.2 Å². The number of allylic oxidation sites excluding steroid dienone is 3. The van der Waals surface area contributed by atoms with Crippen LogP contribution in [0.2, 0.25) is 0 Å². The maximum atomic E-state index is 12.3. The zero-order chi connectivity index (χ0) is 17.7. The summed E-state index contributed by atoms with van der Waals surface area (Å²) < 4.78 is 0. The standard InChI is InChI=1S/C16H13N3O.2C2H6/c17-14-10-6-2-4-8-12(10)18-15(14)13-9-5-1-3-7-11(9)19-16(13)20;2*1-2/h1-9,11,17-18H,(H,19,20);2*1-2H3/b15-13-,17-14?;;. The van der Waals surface area contributed by atoms with E-state index in [0.717, 1.165) is 11.3 Å². The molecule has 0 bridgehead atoms. The molecule has 1 fully saturated rings. The highest BCUT2D eigenvalue weighted by molar-refractivity contribution is 6.23. The van der Waals surface area contributed by atoms with Crippen molar-refractivity contribution in [2.45, 2.75) is 33.7 Å². The summed E-state index contributed by atoms with van der Waals surface area (Å²) in [5.41, 5.74) is 3.44. The van der Waals surface area contributed by atoms with Crippen LogP contribution in [-0.4, -0.2) is 17.7 Å². The Bertz CT molecular complexity index is 728. The summed E-state index contributed by atoms with van der Waals surface area (Å²) in [5, 5.41) is 14.5. The Morgan fingerprint density at radius 3 is 2.38 bits per heavy atom. The van der Waals surface area contributed by atoms with Crippen molar-refractivity contribution < 1.29 is 4.79 Å². The molecule has 126 valence electrons. The Labute approximate surface area is 143 Å². The number of benzene rings is 1. The first kappa shape index (κ1) is 17.7. The Morgan fingerprint density at radius 1 is 1.00 bits per heavy atom. The van der Waals surface area contributed by atoms with E-state index in [0.29, 0.717) is 17.0 Å². The van der Waals surface area contributed by atoms with Crippen LogP contribution in [-0.2, 0) is 4.79 Å². The fourth-order valence-corrected chi connectivity index (χ4v) is 3.03. The third-order valence-corrected chi connectivity index (χ3v) is 3.99. The van der Waals surface area contributed by atoms with Crippen molar-refractivity contribution >= 4 is 17.3 Å².